The minimum absolute atomic E-state index is 0.224. The Kier molecular flexibility index (Phi) is 5.91. The SMILES string of the molecule is COc1ccccc1C(=O)NC(=CC=Cc1ccccc1)C(=O)O. The van der Waals surface area contributed by atoms with Gasteiger partial charge in [-0.05, 0) is 23.8 Å². The van der Waals surface area contributed by atoms with E-state index in [-0.39, 0.29) is 11.3 Å². The van der Waals surface area contributed by atoms with Gasteiger partial charge in [0, 0.05) is 0 Å². The first-order valence-electron chi connectivity index (χ1n) is 7.23. The minimum Gasteiger partial charge on any atom is -0.496 e. The molecule has 5 heteroatoms. The van der Waals surface area contributed by atoms with E-state index in [0.29, 0.717) is 5.75 Å². The van der Waals surface area contributed by atoms with E-state index < -0.39 is 11.9 Å². The van der Waals surface area contributed by atoms with Gasteiger partial charge in [-0.2, -0.15) is 0 Å². The fraction of sp³-hybridized carbons (Fsp3) is 0.0526. The summed E-state index contributed by atoms with van der Waals surface area (Å²) in [6, 6.07) is 16.0. The van der Waals surface area contributed by atoms with Crippen LogP contribution in [0.5, 0.6) is 5.75 Å². The number of carbonyl (C=O) groups excluding carboxylic acids is 1. The van der Waals surface area contributed by atoms with Gasteiger partial charge in [-0.3, -0.25) is 4.79 Å². The molecule has 2 rings (SSSR count). The van der Waals surface area contributed by atoms with Crippen LogP contribution in [0, 0.1) is 0 Å². The number of para-hydroxylation sites is 1. The molecule has 0 radical (unpaired) electrons. The van der Waals surface area contributed by atoms with Crippen LogP contribution in [-0.2, 0) is 4.79 Å². The molecule has 0 bridgehead atoms. The quantitative estimate of drug-likeness (QED) is 0.633. The molecule has 0 heterocycles. The van der Waals surface area contributed by atoms with E-state index in [2.05, 4.69) is 5.32 Å². The lowest BCUT2D eigenvalue weighted by atomic mass is 10.2. The smallest absolute Gasteiger partial charge is 0.352 e. The van der Waals surface area contributed by atoms with Crippen LogP contribution in [0.25, 0.3) is 6.08 Å². The van der Waals surface area contributed by atoms with Crippen LogP contribution in [0.3, 0.4) is 0 Å². The number of aliphatic carboxylic acids is 1. The van der Waals surface area contributed by atoms with E-state index in [1.807, 2.05) is 30.3 Å². The summed E-state index contributed by atoms with van der Waals surface area (Å²) < 4.78 is 5.11. The third-order valence-electron chi connectivity index (χ3n) is 3.18. The first-order chi connectivity index (χ1) is 11.6. The van der Waals surface area contributed by atoms with E-state index in [1.54, 1.807) is 36.4 Å². The molecule has 2 N–H and O–H groups in total. The molecule has 0 saturated heterocycles. The van der Waals surface area contributed by atoms with Crippen LogP contribution in [-0.4, -0.2) is 24.1 Å². The first kappa shape index (κ1) is 17.0. The van der Waals surface area contributed by atoms with Crippen molar-refractivity contribution in [2.75, 3.05) is 7.11 Å². The monoisotopic (exact) mass is 323 g/mol. The van der Waals surface area contributed by atoms with E-state index in [9.17, 15) is 14.7 Å². The van der Waals surface area contributed by atoms with Crippen molar-refractivity contribution in [2.24, 2.45) is 0 Å². The Morgan fingerprint density at radius 2 is 1.71 bits per heavy atom. The van der Waals surface area contributed by atoms with Gasteiger partial charge in [0.25, 0.3) is 5.91 Å². The van der Waals surface area contributed by atoms with Crippen molar-refractivity contribution >= 4 is 18.0 Å². The summed E-state index contributed by atoms with van der Waals surface area (Å²) in [4.78, 5) is 23.6. The Hall–Kier alpha value is -3.34. The lowest BCUT2D eigenvalue weighted by Crippen LogP contribution is -2.27. The van der Waals surface area contributed by atoms with Crippen LogP contribution < -0.4 is 10.1 Å². The standard InChI is InChI=1S/C19H17NO4/c1-24-17-13-6-5-11-15(17)18(21)20-16(19(22)23)12-7-10-14-8-3-2-4-9-14/h2-13H,1H3,(H,20,21)(H,22,23). The zero-order valence-electron chi connectivity index (χ0n) is 13.1. The minimum atomic E-state index is -1.23. The maximum absolute atomic E-state index is 12.3. The Balaban J connectivity index is 2.16. The molecule has 0 fully saturated rings. The maximum atomic E-state index is 12.3. The van der Waals surface area contributed by atoms with Crippen molar-refractivity contribution < 1.29 is 19.4 Å². The number of benzene rings is 2. The molecule has 2 aromatic carbocycles. The predicted octanol–water partition coefficient (Wildman–Crippen LogP) is 3.11. The molecule has 1 amide bonds. The summed E-state index contributed by atoms with van der Waals surface area (Å²) in [6.07, 6.45) is 4.65. The van der Waals surface area contributed by atoms with Crippen molar-refractivity contribution in [3.8, 4) is 5.75 Å². The second-order valence-corrected chi connectivity index (χ2v) is 4.81. The number of amides is 1. The fourth-order valence-corrected chi connectivity index (χ4v) is 2.01. The number of methoxy groups -OCH3 is 1. The third-order valence-corrected chi connectivity index (χ3v) is 3.18. The molecule has 0 atom stereocenters. The van der Waals surface area contributed by atoms with Crippen LogP contribution in [0.4, 0.5) is 0 Å². The second kappa shape index (κ2) is 8.33. The largest absolute Gasteiger partial charge is 0.496 e. The van der Waals surface area contributed by atoms with Gasteiger partial charge in [0.1, 0.15) is 11.4 Å². The van der Waals surface area contributed by atoms with Crippen molar-refractivity contribution in [1.29, 1.82) is 0 Å². The normalized spacial score (nSPS) is 11.3. The molecular weight excluding hydrogens is 306 g/mol. The first-order valence-corrected chi connectivity index (χ1v) is 7.23. The molecular formula is C19H17NO4. The van der Waals surface area contributed by atoms with Crippen LogP contribution >= 0.6 is 0 Å². The van der Waals surface area contributed by atoms with E-state index >= 15 is 0 Å². The number of allylic oxidation sites excluding steroid dienone is 2. The number of nitrogens with one attached hydrogen (secondary N) is 1. The summed E-state index contributed by atoms with van der Waals surface area (Å²) >= 11 is 0. The maximum Gasteiger partial charge on any atom is 0.352 e. The Morgan fingerprint density at radius 3 is 2.38 bits per heavy atom. The number of ether oxygens (including phenoxy) is 1. The van der Waals surface area contributed by atoms with E-state index in [0.717, 1.165) is 5.56 Å². The van der Waals surface area contributed by atoms with Gasteiger partial charge in [-0.15, -0.1) is 0 Å². The summed E-state index contributed by atoms with van der Waals surface area (Å²) in [7, 11) is 1.45. The number of carboxylic acid groups (broad SMARTS) is 1. The topological polar surface area (TPSA) is 75.6 Å². The predicted molar refractivity (Wildman–Crippen MR) is 91.7 cm³/mol. The lowest BCUT2D eigenvalue weighted by molar-refractivity contribution is -0.133. The molecule has 0 saturated carbocycles. The number of carboxylic acids is 1. The van der Waals surface area contributed by atoms with Crippen molar-refractivity contribution in [3.05, 3.63) is 83.6 Å². The third kappa shape index (κ3) is 4.58. The fourth-order valence-electron chi connectivity index (χ4n) is 2.01. The number of rotatable bonds is 6. The molecule has 122 valence electrons. The molecule has 2 aromatic rings. The van der Waals surface area contributed by atoms with E-state index in [4.69, 9.17) is 4.74 Å². The highest BCUT2D eigenvalue weighted by Gasteiger charge is 2.15. The average molecular weight is 323 g/mol. The zero-order valence-corrected chi connectivity index (χ0v) is 13.1. The van der Waals surface area contributed by atoms with Crippen molar-refractivity contribution in [3.63, 3.8) is 0 Å². The molecule has 5 nitrogen and oxygen atoms in total. The summed E-state index contributed by atoms with van der Waals surface area (Å²) in [5.74, 6) is -1.40. The number of hydrogen-bond donors (Lipinski definition) is 2. The van der Waals surface area contributed by atoms with Gasteiger partial charge in [-0.25, -0.2) is 4.79 Å². The van der Waals surface area contributed by atoms with E-state index in [1.165, 1.54) is 13.2 Å². The van der Waals surface area contributed by atoms with Gasteiger partial charge in [0.15, 0.2) is 0 Å². The Bertz CT molecular complexity index is 779. The summed E-state index contributed by atoms with van der Waals surface area (Å²) in [5, 5.41) is 11.6. The highest BCUT2D eigenvalue weighted by Crippen LogP contribution is 2.17. The zero-order chi connectivity index (χ0) is 17.4. The Morgan fingerprint density at radius 1 is 1.04 bits per heavy atom. The molecule has 0 unspecified atom stereocenters. The van der Waals surface area contributed by atoms with Crippen LogP contribution in [0.1, 0.15) is 15.9 Å². The lowest BCUT2D eigenvalue weighted by Gasteiger charge is -2.09. The molecule has 0 aromatic heterocycles. The molecule has 0 aliphatic rings. The van der Waals surface area contributed by atoms with Gasteiger partial charge in [-0.1, -0.05) is 54.6 Å². The summed E-state index contributed by atoms with van der Waals surface area (Å²) in [5.41, 5.74) is 0.965. The second-order valence-electron chi connectivity index (χ2n) is 4.81. The summed E-state index contributed by atoms with van der Waals surface area (Å²) in [6.45, 7) is 0. The molecule has 0 aliphatic carbocycles. The van der Waals surface area contributed by atoms with Crippen LogP contribution in [0.15, 0.2) is 72.4 Å². The molecule has 24 heavy (non-hydrogen) atoms. The van der Waals surface area contributed by atoms with Gasteiger partial charge in [0.2, 0.25) is 0 Å². The average Bonchev–Trinajstić information content (AvgIpc) is 2.61. The van der Waals surface area contributed by atoms with Crippen molar-refractivity contribution in [1.82, 2.24) is 5.32 Å². The highest BCUT2D eigenvalue weighted by atomic mass is 16.5. The van der Waals surface area contributed by atoms with Crippen molar-refractivity contribution in [2.45, 2.75) is 0 Å². The van der Waals surface area contributed by atoms with Gasteiger partial charge >= 0.3 is 5.97 Å². The van der Waals surface area contributed by atoms with Gasteiger partial charge in [0.05, 0.1) is 12.7 Å². The van der Waals surface area contributed by atoms with Crippen LogP contribution in [0.2, 0.25) is 0 Å². The molecule has 0 aliphatic heterocycles. The van der Waals surface area contributed by atoms with Gasteiger partial charge < -0.3 is 15.2 Å². The Labute approximate surface area is 139 Å². The molecule has 0 spiro atoms. The number of hydrogen-bond acceptors (Lipinski definition) is 3. The number of carbonyl (C=O) groups is 2. The highest BCUT2D eigenvalue weighted by molar-refractivity contribution is 6.02.